The Bertz CT molecular complexity index is 574. The molecule has 20 heavy (non-hydrogen) atoms. The number of carbonyl (C=O) groups excluding carboxylic acids is 1. The van der Waals surface area contributed by atoms with Gasteiger partial charge in [-0.25, -0.2) is 0 Å². The van der Waals surface area contributed by atoms with Gasteiger partial charge in [0, 0.05) is 12.8 Å². The number of para-hydroxylation sites is 1. The molecule has 3 nitrogen and oxygen atoms in total. The standard InChI is InChI=1S/C14H11F3O3/c15-14(16,17)20-13-6-2-1-5-11(13)12(18)8-7-10-4-3-9-19-10/h1-6,9H,7-8H2. The van der Waals surface area contributed by atoms with Gasteiger partial charge in [-0.3, -0.25) is 4.79 Å². The summed E-state index contributed by atoms with van der Waals surface area (Å²) in [6.07, 6.45) is -2.98. The number of ketones is 1. The van der Waals surface area contributed by atoms with E-state index in [4.69, 9.17) is 4.42 Å². The van der Waals surface area contributed by atoms with E-state index in [9.17, 15) is 18.0 Å². The zero-order valence-electron chi connectivity index (χ0n) is 10.3. The third-order valence-electron chi connectivity index (χ3n) is 2.59. The molecular formula is C14H11F3O3. The molecule has 1 aromatic heterocycles. The van der Waals surface area contributed by atoms with Crippen molar-refractivity contribution in [2.75, 3.05) is 0 Å². The first-order valence-electron chi connectivity index (χ1n) is 5.86. The molecule has 0 saturated heterocycles. The van der Waals surface area contributed by atoms with Crippen molar-refractivity contribution >= 4 is 5.78 Å². The van der Waals surface area contributed by atoms with Gasteiger partial charge in [-0.2, -0.15) is 0 Å². The fraction of sp³-hybridized carbons (Fsp3) is 0.214. The number of Topliss-reactive ketones (excluding diaryl/α,β-unsaturated/α-hetero) is 1. The first-order valence-corrected chi connectivity index (χ1v) is 5.86. The minimum atomic E-state index is -4.82. The molecule has 0 aliphatic heterocycles. The molecule has 106 valence electrons. The lowest BCUT2D eigenvalue weighted by Crippen LogP contribution is -2.19. The van der Waals surface area contributed by atoms with E-state index in [0.29, 0.717) is 12.2 Å². The van der Waals surface area contributed by atoms with Crippen LogP contribution in [0.25, 0.3) is 0 Å². The molecular weight excluding hydrogens is 273 g/mol. The van der Waals surface area contributed by atoms with Crippen LogP contribution in [0.3, 0.4) is 0 Å². The maximum atomic E-state index is 12.2. The Kier molecular flexibility index (Phi) is 4.12. The number of halogens is 3. The Morgan fingerprint density at radius 3 is 2.55 bits per heavy atom. The fourth-order valence-corrected chi connectivity index (χ4v) is 1.74. The van der Waals surface area contributed by atoms with Gasteiger partial charge in [-0.15, -0.1) is 13.2 Å². The van der Waals surface area contributed by atoms with Crippen molar-refractivity contribution in [3.05, 3.63) is 54.0 Å². The summed E-state index contributed by atoms with van der Waals surface area (Å²) >= 11 is 0. The number of ether oxygens (including phenoxy) is 1. The van der Waals surface area contributed by atoms with Gasteiger partial charge >= 0.3 is 6.36 Å². The van der Waals surface area contributed by atoms with E-state index < -0.39 is 17.9 Å². The van der Waals surface area contributed by atoms with Gasteiger partial charge in [0.15, 0.2) is 5.78 Å². The number of hydrogen-bond donors (Lipinski definition) is 0. The molecule has 0 N–H and O–H groups in total. The highest BCUT2D eigenvalue weighted by Crippen LogP contribution is 2.27. The molecule has 0 spiro atoms. The van der Waals surface area contributed by atoms with Crippen LogP contribution in [0.2, 0.25) is 0 Å². The molecule has 6 heteroatoms. The van der Waals surface area contributed by atoms with E-state index in [1.165, 1.54) is 24.5 Å². The Labute approximate surface area is 113 Å². The zero-order chi connectivity index (χ0) is 14.6. The zero-order valence-corrected chi connectivity index (χ0v) is 10.3. The Balaban J connectivity index is 2.09. The number of furan rings is 1. The van der Waals surface area contributed by atoms with Crippen molar-refractivity contribution in [3.8, 4) is 5.75 Å². The third kappa shape index (κ3) is 3.88. The molecule has 0 bridgehead atoms. The van der Waals surface area contributed by atoms with E-state index in [0.717, 1.165) is 6.07 Å². The van der Waals surface area contributed by atoms with Crippen LogP contribution in [0.4, 0.5) is 13.2 Å². The summed E-state index contributed by atoms with van der Waals surface area (Å²) in [5.41, 5.74) is -0.0867. The first-order chi connectivity index (χ1) is 9.46. The van der Waals surface area contributed by atoms with Crippen LogP contribution >= 0.6 is 0 Å². The predicted octanol–water partition coefficient (Wildman–Crippen LogP) is 3.99. The maximum Gasteiger partial charge on any atom is 0.573 e. The molecule has 0 radical (unpaired) electrons. The van der Waals surface area contributed by atoms with Gasteiger partial charge in [0.25, 0.3) is 0 Å². The van der Waals surface area contributed by atoms with Gasteiger partial charge in [0.2, 0.25) is 0 Å². The highest BCUT2D eigenvalue weighted by Gasteiger charge is 2.32. The van der Waals surface area contributed by atoms with Crippen LogP contribution < -0.4 is 4.74 Å². The predicted molar refractivity (Wildman–Crippen MR) is 64.5 cm³/mol. The van der Waals surface area contributed by atoms with Gasteiger partial charge in [-0.05, 0) is 24.3 Å². The smallest absolute Gasteiger partial charge is 0.469 e. The van der Waals surface area contributed by atoms with Crippen molar-refractivity contribution in [1.29, 1.82) is 0 Å². The third-order valence-corrected chi connectivity index (χ3v) is 2.59. The minimum absolute atomic E-state index is 0.0474. The number of aryl methyl sites for hydroxylation is 1. The molecule has 0 atom stereocenters. The molecule has 0 saturated carbocycles. The van der Waals surface area contributed by atoms with Gasteiger partial charge in [0.1, 0.15) is 11.5 Å². The largest absolute Gasteiger partial charge is 0.573 e. The van der Waals surface area contributed by atoms with Gasteiger partial charge in [-0.1, -0.05) is 12.1 Å². The van der Waals surface area contributed by atoms with Crippen molar-refractivity contribution in [3.63, 3.8) is 0 Å². The maximum absolute atomic E-state index is 12.2. The van der Waals surface area contributed by atoms with E-state index in [-0.39, 0.29) is 12.0 Å². The van der Waals surface area contributed by atoms with Crippen molar-refractivity contribution in [2.45, 2.75) is 19.2 Å². The highest BCUT2D eigenvalue weighted by molar-refractivity contribution is 5.98. The molecule has 0 unspecified atom stereocenters. The molecule has 2 aromatic rings. The molecule has 2 rings (SSSR count). The molecule has 0 amide bonds. The normalized spacial score (nSPS) is 11.3. The lowest BCUT2D eigenvalue weighted by Gasteiger charge is -2.12. The van der Waals surface area contributed by atoms with Crippen LogP contribution in [0.5, 0.6) is 5.75 Å². The lowest BCUT2D eigenvalue weighted by atomic mass is 10.0. The molecule has 1 heterocycles. The van der Waals surface area contributed by atoms with Crippen LogP contribution in [0.1, 0.15) is 22.5 Å². The first kappa shape index (κ1) is 14.2. The lowest BCUT2D eigenvalue weighted by molar-refractivity contribution is -0.274. The number of rotatable bonds is 5. The van der Waals surface area contributed by atoms with Crippen LogP contribution in [-0.2, 0) is 6.42 Å². The summed E-state index contributed by atoms with van der Waals surface area (Å²) in [6.45, 7) is 0. The molecule has 1 aromatic carbocycles. The minimum Gasteiger partial charge on any atom is -0.469 e. The quantitative estimate of drug-likeness (QED) is 0.779. The topological polar surface area (TPSA) is 39.4 Å². The van der Waals surface area contributed by atoms with E-state index in [1.54, 1.807) is 12.1 Å². The summed E-state index contributed by atoms with van der Waals surface area (Å²) in [4.78, 5) is 12.0. The SMILES string of the molecule is O=C(CCc1ccco1)c1ccccc1OC(F)(F)F. The van der Waals surface area contributed by atoms with E-state index >= 15 is 0 Å². The van der Waals surface area contributed by atoms with E-state index in [1.807, 2.05) is 0 Å². The summed E-state index contributed by atoms with van der Waals surface area (Å²) in [6, 6.07) is 8.68. The van der Waals surface area contributed by atoms with Gasteiger partial charge < -0.3 is 9.15 Å². The van der Waals surface area contributed by atoms with Crippen molar-refractivity contribution in [2.24, 2.45) is 0 Å². The highest BCUT2D eigenvalue weighted by atomic mass is 19.4. The van der Waals surface area contributed by atoms with Crippen LogP contribution in [0.15, 0.2) is 47.1 Å². The number of hydrogen-bond acceptors (Lipinski definition) is 3. The average molecular weight is 284 g/mol. The number of alkyl halides is 3. The average Bonchev–Trinajstić information content (AvgIpc) is 2.88. The monoisotopic (exact) mass is 284 g/mol. The summed E-state index contributed by atoms with van der Waals surface area (Å²) in [5, 5.41) is 0. The number of benzene rings is 1. The Morgan fingerprint density at radius 2 is 1.90 bits per heavy atom. The summed E-state index contributed by atoms with van der Waals surface area (Å²) < 4.78 is 45.6. The number of carbonyl (C=O) groups is 1. The molecule has 0 aliphatic carbocycles. The fourth-order valence-electron chi connectivity index (χ4n) is 1.74. The molecule has 0 fully saturated rings. The Hall–Kier alpha value is -2.24. The van der Waals surface area contributed by atoms with E-state index in [2.05, 4.69) is 4.74 Å². The second-order valence-electron chi connectivity index (χ2n) is 4.05. The summed E-state index contributed by atoms with van der Waals surface area (Å²) in [7, 11) is 0. The van der Waals surface area contributed by atoms with Gasteiger partial charge in [0.05, 0.1) is 11.8 Å². The van der Waals surface area contributed by atoms with Crippen LogP contribution in [0, 0.1) is 0 Å². The summed E-state index contributed by atoms with van der Waals surface area (Å²) in [5.74, 6) is -0.307. The second kappa shape index (κ2) is 5.81. The second-order valence-corrected chi connectivity index (χ2v) is 4.05. The Morgan fingerprint density at radius 1 is 1.15 bits per heavy atom. The van der Waals surface area contributed by atoms with Crippen molar-refractivity contribution < 1.29 is 27.1 Å². The van der Waals surface area contributed by atoms with Crippen molar-refractivity contribution in [1.82, 2.24) is 0 Å². The van der Waals surface area contributed by atoms with Crippen LogP contribution in [-0.4, -0.2) is 12.1 Å². The molecule has 0 aliphatic rings.